The number of nitrogens with zero attached hydrogens (tertiary/aromatic N) is 1. The lowest BCUT2D eigenvalue weighted by molar-refractivity contribution is 0.297. The molecule has 3 aromatic rings. The van der Waals surface area contributed by atoms with Gasteiger partial charge >= 0.3 is 0 Å². The number of H-pyrrole nitrogens is 1. The van der Waals surface area contributed by atoms with Crippen LogP contribution in [0.2, 0.25) is 5.02 Å². The Kier molecular flexibility index (Phi) is 3.97. The smallest absolute Gasteiger partial charge is 0.146 e. The number of fused-ring (bicyclic) bond motifs is 1. The van der Waals surface area contributed by atoms with Crippen LogP contribution in [-0.4, -0.2) is 16.6 Å². The Morgan fingerprint density at radius 1 is 1.05 bits per heavy atom. The summed E-state index contributed by atoms with van der Waals surface area (Å²) in [6.45, 7) is 2.98. The third-order valence-corrected chi connectivity index (χ3v) is 3.25. The maximum absolute atomic E-state index is 5.84. The highest BCUT2D eigenvalue weighted by molar-refractivity contribution is 6.30. The first-order chi connectivity index (χ1) is 10.2. The number of benzene rings is 2. The van der Waals surface area contributed by atoms with Crippen molar-refractivity contribution in [2.45, 2.75) is 13.5 Å². The van der Waals surface area contributed by atoms with Crippen molar-refractivity contribution in [3.63, 3.8) is 0 Å². The number of imidazole rings is 1. The Bertz CT molecular complexity index is 738. The van der Waals surface area contributed by atoms with Crippen LogP contribution in [0, 0.1) is 0 Å². The van der Waals surface area contributed by atoms with Gasteiger partial charge in [0.1, 0.15) is 23.9 Å². The normalized spacial score (nSPS) is 10.8. The standard InChI is InChI=1S/C16H15ClN2O2/c1-2-20-13-7-8-14-15(9-13)19-16(18-14)10-21-12-5-3-11(17)4-6-12/h3-9H,2,10H2,1H3,(H,18,19). The number of rotatable bonds is 5. The van der Waals surface area contributed by atoms with Crippen LogP contribution in [0.5, 0.6) is 11.5 Å². The van der Waals surface area contributed by atoms with Crippen molar-refractivity contribution in [2.24, 2.45) is 0 Å². The molecule has 21 heavy (non-hydrogen) atoms. The van der Waals surface area contributed by atoms with E-state index in [4.69, 9.17) is 21.1 Å². The summed E-state index contributed by atoms with van der Waals surface area (Å²) in [4.78, 5) is 7.72. The van der Waals surface area contributed by atoms with Crippen LogP contribution in [0.4, 0.5) is 0 Å². The predicted octanol–water partition coefficient (Wildman–Crippen LogP) is 4.19. The number of hydrogen-bond donors (Lipinski definition) is 1. The molecule has 5 heteroatoms. The van der Waals surface area contributed by atoms with E-state index in [0.29, 0.717) is 18.2 Å². The highest BCUT2D eigenvalue weighted by Crippen LogP contribution is 2.20. The zero-order chi connectivity index (χ0) is 14.7. The molecule has 0 saturated carbocycles. The first-order valence-corrected chi connectivity index (χ1v) is 7.12. The molecule has 0 aliphatic heterocycles. The average molecular weight is 303 g/mol. The summed E-state index contributed by atoms with van der Waals surface area (Å²) in [7, 11) is 0. The topological polar surface area (TPSA) is 47.1 Å². The summed E-state index contributed by atoms with van der Waals surface area (Å²) in [6.07, 6.45) is 0. The van der Waals surface area contributed by atoms with Gasteiger partial charge in [-0.2, -0.15) is 0 Å². The van der Waals surface area contributed by atoms with Gasteiger partial charge in [-0.3, -0.25) is 0 Å². The first kappa shape index (κ1) is 13.8. The number of halogens is 1. The van der Waals surface area contributed by atoms with Crippen molar-refractivity contribution in [2.75, 3.05) is 6.61 Å². The second-order valence-corrected chi connectivity index (χ2v) is 4.97. The van der Waals surface area contributed by atoms with Crippen molar-refractivity contribution in [1.29, 1.82) is 0 Å². The van der Waals surface area contributed by atoms with Crippen LogP contribution in [0.3, 0.4) is 0 Å². The Morgan fingerprint density at radius 2 is 1.81 bits per heavy atom. The van der Waals surface area contributed by atoms with E-state index in [1.165, 1.54) is 0 Å². The monoisotopic (exact) mass is 302 g/mol. The molecule has 0 saturated heterocycles. The van der Waals surface area contributed by atoms with Gasteiger partial charge in [-0.15, -0.1) is 0 Å². The number of aromatic amines is 1. The molecule has 0 unspecified atom stereocenters. The lowest BCUT2D eigenvalue weighted by Gasteiger charge is -2.03. The fourth-order valence-electron chi connectivity index (χ4n) is 2.05. The molecule has 1 N–H and O–H groups in total. The van der Waals surface area contributed by atoms with Crippen LogP contribution in [0.1, 0.15) is 12.7 Å². The number of nitrogens with one attached hydrogen (secondary N) is 1. The number of aromatic nitrogens is 2. The molecule has 4 nitrogen and oxygen atoms in total. The Morgan fingerprint density at radius 3 is 2.57 bits per heavy atom. The predicted molar refractivity (Wildman–Crippen MR) is 83.0 cm³/mol. The van der Waals surface area contributed by atoms with Gasteiger partial charge in [0.25, 0.3) is 0 Å². The lowest BCUT2D eigenvalue weighted by atomic mass is 10.3. The summed E-state index contributed by atoms with van der Waals surface area (Å²) >= 11 is 5.84. The van der Waals surface area contributed by atoms with Crippen LogP contribution < -0.4 is 9.47 Å². The number of ether oxygens (including phenoxy) is 2. The molecule has 0 fully saturated rings. The molecule has 3 rings (SSSR count). The molecule has 0 bridgehead atoms. The summed E-state index contributed by atoms with van der Waals surface area (Å²) in [5.74, 6) is 2.36. The first-order valence-electron chi connectivity index (χ1n) is 6.74. The summed E-state index contributed by atoms with van der Waals surface area (Å²) in [6, 6.07) is 13.0. The Labute approximate surface area is 127 Å². The van der Waals surface area contributed by atoms with Gasteiger partial charge in [0.2, 0.25) is 0 Å². The Hall–Kier alpha value is -2.20. The highest BCUT2D eigenvalue weighted by atomic mass is 35.5. The van der Waals surface area contributed by atoms with Gasteiger partial charge in [-0.1, -0.05) is 11.6 Å². The third-order valence-electron chi connectivity index (χ3n) is 3.00. The minimum Gasteiger partial charge on any atom is -0.494 e. The molecule has 0 amide bonds. The van der Waals surface area contributed by atoms with Gasteiger partial charge < -0.3 is 14.5 Å². The molecule has 2 aromatic carbocycles. The van der Waals surface area contributed by atoms with Crippen LogP contribution in [0.25, 0.3) is 11.0 Å². The van der Waals surface area contributed by atoms with Gasteiger partial charge in [0.05, 0.1) is 17.6 Å². The molecule has 108 valence electrons. The summed E-state index contributed by atoms with van der Waals surface area (Å²) < 4.78 is 11.1. The van der Waals surface area contributed by atoms with Crippen molar-refractivity contribution in [3.8, 4) is 11.5 Å². The van der Waals surface area contributed by atoms with Gasteiger partial charge in [0.15, 0.2) is 0 Å². The van der Waals surface area contributed by atoms with E-state index in [9.17, 15) is 0 Å². The molecule has 0 aliphatic rings. The molecular formula is C16H15ClN2O2. The van der Waals surface area contributed by atoms with Crippen molar-refractivity contribution >= 4 is 22.6 Å². The van der Waals surface area contributed by atoms with E-state index in [2.05, 4.69) is 9.97 Å². The van der Waals surface area contributed by atoms with Crippen molar-refractivity contribution in [3.05, 3.63) is 53.3 Å². The summed E-state index contributed by atoms with van der Waals surface area (Å²) in [5.41, 5.74) is 1.84. The fourth-order valence-corrected chi connectivity index (χ4v) is 2.17. The quantitative estimate of drug-likeness (QED) is 0.768. The fraction of sp³-hybridized carbons (Fsp3) is 0.188. The van der Waals surface area contributed by atoms with E-state index in [0.717, 1.165) is 28.4 Å². The lowest BCUT2D eigenvalue weighted by Crippen LogP contribution is -1.97. The van der Waals surface area contributed by atoms with Gasteiger partial charge in [0, 0.05) is 11.1 Å². The largest absolute Gasteiger partial charge is 0.494 e. The average Bonchev–Trinajstić information content (AvgIpc) is 2.89. The minimum absolute atomic E-state index is 0.375. The zero-order valence-electron chi connectivity index (χ0n) is 11.6. The maximum Gasteiger partial charge on any atom is 0.146 e. The van der Waals surface area contributed by atoms with E-state index in [1.807, 2.05) is 37.3 Å². The van der Waals surface area contributed by atoms with Crippen LogP contribution in [-0.2, 0) is 6.61 Å². The van der Waals surface area contributed by atoms with Gasteiger partial charge in [-0.05, 0) is 43.3 Å². The highest BCUT2D eigenvalue weighted by Gasteiger charge is 2.05. The maximum atomic E-state index is 5.84. The van der Waals surface area contributed by atoms with E-state index in [-0.39, 0.29) is 0 Å². The second kappa shape index (κ2) is 6.06. The molecule has 0 atom stereocenters. The van der Waals surface area contributed by atoms with Crippen molar-refractivity contribution < 1.29 is 9.47 Å². The number of hydrogen-bond acceptors (Lipinski definition) is 3. The van der Waals surface area contributed by atoms with E-state index >= 15 is 0 Å². The minimum atomic E-state index is 0.375. The molecule has 1 aromatic heterocycles. The van der Waals surface area contributed by atoms with Crippen LogP contribution in [0.15, 0.2) is 42.5 Å². The van der Waals surface area contributed by atoms with Crippen LogP contribution >= 0.6 is 11.6 Å². The van der Waals surface area contributed by atoms with Gasteiger partial charge in [-0.25, -0.2) is 4.98 Å². The zero-order valence-corrected chi connectivity index (χ0v) is 12.4. The van der Waals surface area contributed by atoms with Crippen molar-refractivity contribution in [1.82, 2.24) is 9.97 Å². The molecule has 0 aliphatic carbocycles. The SMILES string of the molecule is CCOc1ccc2nc(COc3ccc(Cl)cc3)[nH]c2c1. The molecule has 0 radical (unpaired) electrons. The van der Waals surface area contributed by atoms with E-state index in [1.54, 1.807) is 12.1 Å². The summed E-state index contributed by atoms with van der Waals surface area (Å²) in [5, 5.41) is 0.689. The molecular weight excluding hydrogens is 288 g/mol. The second-order valence-electron chi connectivity index (χ2n) is 4.54. The van der Waals surface area contributed by atoms with E-state index < -0.39 is 0 Å². The molecule has 0 spiro atoms. The molecule has 1 heterocycles. The Balaban J connectivity index is 1.73. The third kappa shape index (κ3) is 3.28.